The molecule has 10 heteroatoms. The quantitative estimate of drug-likeness (QED) is 0.471. The van der Waals surface area contributed by atoms with Gasteiger partial charge >= 0.3 is 5.69 Å². The fourth-order valence-electron chi connectivity index (χ4n) is 4.25. The summed E-state index contributed by atoms with van der Waals surface area (Å²) in [5.74, 6) is 0.425. The molecule has 2 aromatic rings. The fourth-order valence-corrected chi connectivity index (χ4v) is 5.08. The van der Waals surface area contributed by atoms with Crippen molar-refractivity contribution < 1.29 is 4.79 Å². The number of amides is 1. The second kappa shape index (κ2) is 9.90. The summed E-state index contributed by atoms with van der Waals surface area (Å²) in [5.41, 5.74) is -1.51. The van der Waals surface area contributed by atoms with Gasteiger partial charge in [0, 0.05) is 20.0 Å². The van der Waals surface area contributed by atoms with Crippen molar-refractivity contribution in [2.75, 3.05) is 5.75 Å². The first-order valence-corrected chi connectivity index (χ1v) is 12.7. The van der Waals surface area contributed by atoms with Gasteiger partial charge in [0.15, 0.2) is 5.65 Å². The number of thioether (sulfide) groups is 1. The normalized spacial score (nSPS) is 15.6. The summed E-state index contributed by atoms with van der Waals surface area (Å²) >= 11 is 1.15. The number of carbonyl (C=O) groups excluding carboxylic acids is 1. The fraction of sp³-hybridized carbons (Fsp3) is 0.667. The highest BCUT2D eigenvalue weighted by molar-refractivity contribution is 8.00. The summed E-state index contributed by atoms with van der Waals surface area (Å²) in [6.07, 6.45) is 3.67. The average Bonchev–Trinajstić information content (AvgIpc) is 3.21. The molecule has 0 radical (unpaired) electrons. The van der Waals surface area contributed by atoms with Gasteiger partial charge in [0.1, 0.15) is 21.8 Å². The van der Waals surface area contributed by atoms with Crippen LogP contribution < -0.4 is 16.6 Å². The highest BCUT2D eigenvalue weighted by Gasteiger charge is 2.35. The van der Waals surface area contributed by atoms with Gasteiger partial charge in [0.25, 0.3) is 5.56 Å². The summed E-state index contributed by atoms with van der Waals surface area (Å²) in [4.78, 5) is 48.1. The van der Waals surface area contributed by atoms with Gasteiger partial charge in [-0.15, -0.1) is 0 Å². The Labute approximate surface area is 204 Å². The standard InChI is InChI=1S/C24H34N6O3S/c1-15(2)12-30-19-18(21(32)29(6)22(30)33)20(27-16(26-19)11-23(3,4)5)34-13-17(31)28-24(14-25)9-7-8-10-24/h15H,7-13H2,1-6H3,(H,28,31). The van der Waals surface area contributed by atoms with Gasteiger partial charge in [-0.05, 0) is 37.0 Å². The number of hydrogen-bond acceptors (Lipinski definition) is 7. The molecule has 1 aliphatic rings. The Bertz CT molecular complexity index is 1240. The molecule has 1 N–H and O–H groups in total. The lowest BCUT2D eigenvalue weighted by molar-refractivity contribution is -0.119. The van der Waals surface area contributed by atoms with Crippen molar-refractivity contribution in [2.24, 2.45) is 18.4 Å². The van der Waals surface area contributed by atoms with E-state index in [2.05, 4.69) is 42.1 Å². The van der Waals surface area contributed by atoms with Crippen molar-refractivity contribution in [1.82, 2.24) is 24.4 Å². The Kier molecular flexibility index (Phi) is 7.56. The zero-order valence-electron chi connectivity index (χ0n) is 20.9. The molecule has 0 aliphatic heterocycles. The Balaban J connectivity index is 2.07. The Morgan fingerprint density at radius 3 is 2.44 bits per heavy atom. The summed E-state index contributed by atoms with van der Waals surface area (Å²) in [6.45, 7) is 10.6. The molecule has 1 saturated carbocycles. The van der Waals surface area contributed by atoms with Gasteiger partial charge in [0.2, 0.25) is 5.91 Å². The second-order valence-electron chi connectivity index (χ2n) is 10.8. The van der Waals surface area contributed by atoms with E-state index >= 15 is 0 Å². The number of aromatic nitrogens is 4. The SMILES string of the molecule is CC(C)Cn1c(=O)n(C)c(=O)c2c(SCC(=O)NC3(C#N)CCCC3)nc(CC(C)(C)C)nc21. The van der Waals surface area contributed by atoms with Crippen molar-refractivity contribution in [3.8, 4) is 6.07 Å². The van der Waals surface area contributed by atoms with E-state index < -0.39 is 16.8 Å². The van der Waals surface area contributed by atoms with Crippen molar-refractivity contribution >= 4 is 28.7 Å². The summed E-state index contributed by atoms with van der Waals surface area (Å²) in [7, 11) is 1.45. The van der Waals surface area contributed by atoms with Crippen LogP contribution >= 0.6 is 11.8 Å². The number of nitriles is 1. The highest BCUT2D eigenvalue weighted by atomic mass is 32.2. The molecule has 1 aliphatic carbocycles. The highest BCUT2D eigenvalue weighted by Crippen LogP contribution is 2.30. The van der Waals surface area contributed by atoms with E-state index in [9.17, 15) is 19.6 Å². The molecule has 1 fully saturated rings. The third-order valence-corrected chi connectivity index (χ3v) is 6.80. The van der Waals surface area contributed by atoms with Crippen LogP contribution in [0, 0.1) is 22.7 Å². The average molecular weight is 487 g/mol. The molecular formula is C24H34N6O3S. The first-order chi connectivity index (χ1) is 15.9. The summed E-state index contributed by atoms with van der Waals surface area (Å²) < 4.78 is 2.60. The second-order valence-corrected chi connectivity index (χ2v) is 11.7. The lowest BCUT2D eigenvalue weighted by atomic mass is 9.92. The first-order valence-electron chi connectivity index (χ1n) is 11.7. The number of nitrogens with one attached hydrogen (secondary N) is 1. The molecule has 184 valence electrons. The number of hydrogen-bond donors (Lipinski definition) is 1. The van der Waals surface area contributed by atoms with Gasteiger partial charge in [0.05, 0.1) is 11.8 Å². The minimum absolute atomic E-state index is 0.0109. The zero-order chi connectivity index (χ0) is 25.3. The van der Waals surface area contributed by atoms with Gasteiger partial charge in [-0.3, -0.25) is 18.7 Å². The van der Waals surface area contributed by atoms with Crippen molar-refractivity contribution in [1.29, 1.82) is 5.26 Å². The Morgan fingerprint density at radius 2 is 1.88 bits per heavy atom. The van der Waals surface area contributed by atoms with Crippen LogP contribution in [0.3, 0.4) is 0 Å². The Morgan fingerprint density at radius 1 is 1.24 bits per heavy atom. The largest absolute Gasteiger partial charge is 0.337 e. The lowest BCUT2D eigenvalue weighted by Crippen LogP contribution is -2.45. The van der Waals surface area contributed by atoms with Crippen molar-refractivity contribution in [2.45, 2.75) is 83.8 Å². The molecule has 0 unspecified atom stereocenters. The maximum atomic E-state index is 13.1. The van der Waals surface area contributed by atoms with E-state index in [1.807, 2.05) is 13.8 Å². The minimum Gasteiger partial charge on any atom is -0.337 e. The van der Waals surface area contributed by atoms with E-state index in [0.717, 1.165) is 29.2 Å². The monoisotopic (exact) mass is 486 g/mol. The van der Waals surface area contributed by atoms with E-state index in [4.69, 9.17) is 0 Å². The summed E-state index contributed by atoms with van der Waals surface area (Å²) in [5, 5.41) is 13.1. The molecule has 0 atom stereocenters. The number of nitrogens with zero attached hydrogens (tertiary/aromatic N) is 5. The predicted molar refractivity (Wildman–Crippen MR) is 133 cm³/mol. The first kappa shape index (κ1) is 25.9. The number of fused-ring (bicyclic) bond motifs is 1. The van der Waals surface area contributed by atoms with Crippen LogP contribution in [0.1, 0.15) is 66.1 Å². The molecule has 1 amide bonds. The van der Waals surface area contributed by atoms with Gasteiger partial charge in [-0.2, -0.15) is 5.26 Å². The van der Waals surface area contributed by atoms with Crippen LogP contribution in [0.25, 0.3) is 11.0 Å². The van der Waals surface area contributed by atoms with E-state index in [1.54, 1.807) is 0 Å². The van der Waals surface area contributed by atoms with Gasteiger partial charge in [-0.25, -0.2) is 14.8 Å². The molecule has 0 spiro atoms. The molecule has 3 rings (SSSR count). The molecule has 0 bridgehead atoms. The number of rotatable bonds is 7. The molecular weight excluding hydrogens is 452 g/mol. The van der Waals surface area contributed by atoms with Crippen LogP contribution in [0.4, 0.5) is 0 Å². The van der Waals surface area contributed by atoms with E-state index in [1.165, 1.54) is 11.6 Å². The zero-order valence-corrected chi connectivity index (χ0v) is 21.7. The molecule has 0 saturated heterocycles. The van der Waals surface area contributed by atoms with Crippen molar-refractivity contribution in [3.63, 3.8) is 0 Å². The van der Waals surface area contributed by atoms with Gasteiger partial charge < -0.3 is 5.32 Å². The predicted octanol–water partition coefficient (Wildman–Crippen LogP) is 2.78. The smallest absolute Gasteiger partial charge is 0.332 e. The van der Waals surface area contributed by atoms with Crippen LogP contribution in [0.2, 0.25) is 0 Å². The minimum atomic E-state index is -0.809. The topological polar surface area (TPSA) is 123 Å². The molecule has 0 aromatic carbocycles. The van der Waals surface area contributed by atoms with E-state index in [0.29, 0.717) is 42.3 Å². The number of carbonyl (C=O) groups is 1. The maximum absolute atomic E-state index is 13.1. The summed E-state index contributed by atoms with van der Waals surface area (Å²) in [6, 6.07) is 2.26. The van der Waals surface area contributed by atoms with Crippen LogP contribution in [0.5, 0.6) is 0 Å². The van der Waals surface area contributed by atoms with Crippen LogP contribution in [0.15, 0.2) is 14.6 Å². The van der Waals surface area contributed by atoms with Gasteiger partial charge in [-0.1, -0.05) is 46.4 Å². The molecule has 2 heterocycles. The van der Waals surface area contributed by atoms with E-state index in [-0.39, 0.29) is 28.4 Å². The molecule has 9 nitrogen and oxygen atoms in total. The third-order valence-electron chi connectivity index (χ3n) is 5.82. The lowest BCUT2D eigenvalue weighted by Gasteiger charge is -2.22. The van der Waals surface area contributed by atoms with Crippen LogP contribution in [-0.2, 0) is 24.8 Å². The molecule has 2 aromatic heterocycles. The van der Waals surface area contributed by atoms with Crippen molar-refractivity contribution in [3.05, 3.63) is 26.7 Å². The molecule has 34 heavy (non-hydrogen) atoms. The maximum Gasteiger partial charge on any atom is 0.332 e. The Hall–Kier alpha value is -2.67. The third kappa shape index (κ3) is 5.69. The van der Waals surface area contributed by atoms with Crippen LogP contribution in [-0.4, -0.2) is 36.3 Å².